The van der Waals surface area contributed by atoms with Crippen LogP contribution in [-0.2, 0) is 16.4 Å². The number of pyridine rings is 1. The summed E-state index contributed by atoms with van der Waals surface area (Å²) in [7, 11) is -3.70. The Bertz CT molecular complexity index is 728. The number of aryl methyl sites for hydroxylation is 2. The van der Waals surface area contributed by atoms with Crippen molar-refractivity contribution >= 4 is 10.0 Å². The number of rotatable bonds is 5. The van der Waals surface area contributed by atoms with E-state index in [0.29, 0.717) is 17.9 Å². The Morgan fingerprint density at radius 1 is 1.24 bits per heavy atom. The maximum atomic E-state index is 11.4. The number of primary sulfonamides is 1. The molecular weight excluding hydrogens is 288 g/mol. The first-order chi connectivity index (χ1) is 9.88. The van der Waals surface area contributed by atoms with E-state index in [1.807, 2.05) is 12.1 Å². The van der Waals surface area contributed by atoms with E-state index in [1.54, 1.807) is 38.4 Å². The normalized spacial score (nSPS) is 11.4. The zero-order valence-electron chi connectivity index (χ0n) is 12.0. The van der Waals surface area contributed by atoms with Gasteiger partial charge in [0.2, 0.25) is 10.0 Å². The summed E-state index contributed by atoms with van der Waals surface area (Å²) in [5.41, 5.74) is 2.42. The first kappa shape index (κ1) is 15.5. The highest BCUT2D eigenvalue weighted by molar-refractivity contribution is 7.89. The van der Waals surface area contributed by atoms with Crippen LogP contribution in [0.25, 0.3) is 0 Å². The van der Waals surface area contributed by atoms with Crippen molar-refractivity contribution in [2.45, 2.75) is 25.2 Å². The predicted octanol–water partition coefficient (Wildman–Crippen LogP) is 1.97. The lowest BCUT2D eigenvalue weighted by Crippen LogP contribution is -2.14. The Hall–Kier alpha value is -1.92. The molecule has 6 heteroatoms. The van der Waals surface area contributed by atoms with Crippen LogP contribution < -0.4 is 9.88 Å². The molecule has 2 rings (SSSR count). The van der Waals surface area contributed by atoms with Gasteiger partial charge in [-0.15, -0.1) is 0 Å². The van der Waals surface area contributed by atoms with Gasteiger partial charge in [-0.3, -0.25) is 4.98 Å². The highest BCUT2D eigenvalue weighted by Gasteiger charge is 2.14. The zero-order chi connectivity index (χ0) is 15.5. The van der Waals surface area contributed by atoms with Crippen molar-refractivity contribution in [2.75, 3.05) is 6.61 Å². The molecule has 0 aliphatic rings. The highest BCUT2D eigenvalue weighted by atomic mass is 32.2. The van der Waals surface area contributed by atoms with Crippen molar-refractivity contribution in [3.8, 4) is 5.75 Å². The Kier molecular flexibility index (Phi) is 4.59. The van der Waals surface area contributed by atoms with E-state index in [2.05, 4.69) is 4.98 Å². The van der Waals surface area contributed by atoms with Gasteiger partial charge >= 0.3 is 0 Å². The van der Waals surface area contributed by atoms with Gasteiger partial charge in [0.25, 0.3) is 0 Å². The monoisotopic (exact) mass is 306 g/mol. The minimum atomic E-state index is -3.70. The van der Waals surface area contributed by atoms with Gasteiger partial charge in [-0.1, -0.05) is 6.07 Å². The lowest BCUT2D eigenvalue weighted by atomic mass is 10.1. The number of nitrogens with two attached hydrogens (primary N) is 1. The quantitative estimate of drug-likeness (QED) is 0.915. The fourth-order valence-corrected chi connectivity index (χ4v) is 2.90. The molecule has 1 aromatic heterocycles. The van der Waals surface area contributed by atoms with Gasteiger partial charge in [0.05, 0.1) is 11.5 Å². The first-order valence-corrected chi connectivity index (χ1v) is 8.08. The van der Waals surface area contributed by atoms with Crippen LogP contribution in [0.5, 0.6) is 5.75 Å². The minimum Gasteiger partial charge on any atom is -0.493 e. The van der Waals surface area contributed by atoms with Crippen LogP contribution in [0.3, 0.4) is 0 Å². The molecule has 0 spiro atoms. The minimum absolute atomic E-state index is 0.139. The zero-order valence-corrected chi connectivity index (χ0v) is 12.9. The maximum absolute atomic E-state index is 11.4. The van der Waals surface area contributed by atoms with Gasteiger partial charge in [-0.25, -0.2) is 13.6 Å². The number of aromatic nitrogens is 1. The standard InChI is InChI=1S/C15H18N2O3S/c1-11-9-15(21(16,18)19)12(2)8-14(11)20-7-5-13-4-3-6-17-10-13/h3-4,6,8-10H,5,7H2,1-2H3,(H2,16,18,19). The highest BCUT2D eigenvalue weighted by Crippen LogP contribution is 2.25. The third kappa shape index (κ3) is 4.03. The SMILES string of the molecule is Cc1cc(S(N)(=O)=O)c(C)cc1OCCc1cccnc1. The summed E-state index contributed by atoms with van der Waals surface area (Å²) in [5, 5.41) is 5.18. The molecule has 0 aliphatic carbocycles. The molecule has 2 aromatic rings. The molecule has 112 valence electrons. The molecule has 0 unspecified atom stereocenters. The van der Waals surface area contributed by atoms with Crippen LogP contribution in [-0.4, -0.2) is 20.0 Å². The Morgan fingerprint density at radius 3 is 2.62 bits per heavy atom. The second-order valence-electron chi connectivity index (χ2n) is 4.89. The van der Waals surface area contributed by atoms with E-state index in [9.17, 15) is 8.42 Å². The fraction of sp³-hybridized carbons (Fsp3) is 0.267. The summed E-state index contributed by atoms with van der Waals surface area (Å²) in [6.45, 7) is 4.00. The second-order valence-corrected chi connectivity index (χ2v) is 6.42. The molecule has 5 nitrogen and oxygen atoms in total. The molecule has 0 saturated carbocycles. The summed E-state index contributed by atoms with van der Waals surface area (Å²) in [5.74, 6) is 0.670. The van der Waals surface area contributed by atoms with Gasteiger partial charge in [0.1, 0.15) is 5.75 Å². The molecule has 0 saturated heterocycles. The van der Waals surface area contributed by atoms with Crippen LogP contribution in [0.2, 0.25) is 0 Å². The largest absolute Gasteiger partial charge is 0.493 e. The Balaban J connectivity index is 2.09. The van der Waals surface area contributed by atoms with E-state index in [1.165, 1.54) is 0 Å². The van der Waals surface area contributed by atoms with Crippen molar-refractivity contribution in [2.24, 2.45) is 5.14 Å². The van der Waals surface area contributed by atoms with Crippen molar-refractivity contribution in [3.05, 3.63) is 53.3 Å². The fourth-order valence-electron chi connectivity index (χ4n) is 2.05. The van der Waals surface area contributed by atoms with Crippen molar-refractivity contribution < 1.29 is 13.2 Å². The van der Waals surface area contributed by atoms with E-state index >= 15 is 0 Å². The molecule has 21 heavy (non-hydrogen) atoms. The topological polar surface area (TPSA) is 82.3 Å². The van der Waals surface area contributed by atoms with E-state index in [-0.39, 0.29) is 4.90 Å². The number of nitrogens with zero attached hydrogens (tertiary/aromatic N) is 1. The smallest absolute Gasteiger partial charge is 0.238 e. The van der Waals surface area contributed by atoms with Gasteiger partial charge in [0, 0.05) is 18.8 Å². The average molecular weight is 306 g/mol. The maximum Gasteiger partial charge on any atom is 0.238 e. The third-order valence-electron chi connectivity index (χ3n) is 3.15. The molecule has 0 amide bonds. The van der Waals surface area contributed by atoms with Crippen LogP contribution in [0.4, 0.5) is 0 Å². The molecule has 0 aliphatic heterocycles. The van der Waals surface area contributed by atoms with Crippen LogP contribution in [0.1, 0.15) is 16.7 Å². The van der Waals surface area contributed by atoms with E-state index in [0.717, 1.165) is 17.5 Å². The summed E-state index contributed by atoms with van der Waals surface area (Å²) in [6.07, 6.45) is 4.26. The lowest BCUT2D eigenvalue weighted by Gasteiger charge is -2.12. The van der Waals surface area contributed by atoms with Gasteiger partial charge in [0.15, 0.2) is 0 Å². The third-order valence-corrected chi connectivity index (χ3v) is 4.20. The second kappa shape index (κ2) is 6.24. The van der Waals surface area contributed by atoms with Crippen LogP contribution in [0, 0.1) is 13.8 Å². The van der Waals surface area contributed by atoms with E-state index < -0.39 is 10.0 Å². The summed E-state index contributed by atoms with van der Waals surface area (Å²) < 4.78 is 28.6. The number of hydrogen-bond acceptors (Lipinski definition) is 4. The molecule has 1 heterocycles. The Labute approximate surface area is 124 Å². The number of benzene rings is 1. The average Bonchev–Trinajstić information content (AvgIpc) is 2.42. The number of ether oxygens (including phenoxy) is 1. The summed E-state index contributed by atoms with van der Waals surface area (Å²) in [6, 6.07) is 7.12. The molecule has 0 fully saturated rings. The lowest BCUT2D eigenvalue weighted by molar-refractivity contribution is 0.319. The van der Waals surface area contributed by atoms with Gasteiger partial charge in [-0.2, -0.15) is 0 Å². The van der Waals surface area contributed by atoms with Crippen molar-refractivity contribution in [1.82, 2.24) is 4.98 Å². The van der Waals surface area contributed by atoms with Crippen LogP contribution >= 0.6 is 0 Å². The van der Waals surface area contributed by atoms with Crippen molar-refractivity contribution in [3.63, 3.8) is 0 Å². The molecule has 0 radical (unpaired) electrons. The van der Waals surface area contributed by atoms with Crippen molar-refractivity contribution in [1.29, 1.82) is 0 Å². The first-order valence-electron chi connectivity index (χ1n) is 6.53. The summed E-state index contributed by atoms with van der Waals surface area (Å²) >= 11 is 0. The molecule has 0 bridgehead atoms. The molecule has 2 N–H and O–H groups in total. The van der Waals surface area contributed by atoms with E-state index in [4.69, 9.17) is 9.88 Å². The van der Waals surface area contributed by atoms with Gasteiger partial charge in [-0.05, 0) is 48.7 Å². The predicted molar refractivity (Wildman–Crippen MR) is 80.7 cm³/mol. The molecular formula is C15H18N2O3S. The Morgan fingerprint density at radius 2 is 2.00 bits per heavy atom. The molecule has 0 atom stereocenters. The number of sulfonamides is 1. The summed E-state index contributed by atoms with van der Waals surface area (Å²) in [4.78, 5) is 4.18. The molecule has 1 aromatic carbocycles. The number of hydrogen-bond donors (Lipinski definition) is 1. The van der Waals surface area contributed by atoms with Gasteiger partial charge < -0.3 is 4.74 Å². The van der Waals surface area contributed by atoms with Crippen LogP contribution in [0.15, 0.2) is 41.6 Å².